The van der Waals surface area contributed by atoms with E-state index in [1.165, 1.54) is 16.7 Å². The van der Waals surface area contributed by atoms with Gasteiger partial charge < -0.3 is 15.8 Å². The predicted octanol–water partition coefficient (Wildman–Crippen LogP) is 3.46. The molecule has 0 aromatic heterocycles. The number of rotatable bonds is 4. The molecular formula is C20H24N2O2. The molecule has 0 fully saturated rings. The third-order valence-corrected chi connectivity index (χ3v) is 4.66. The topological polar surface area (TPSA) is 64.3 Å². The molecule has 4 heteroatoms. The molecule has 24 heavy (non-hydrogen) atoms. The summed E-state index contributed by atoms with van der Waals surface area (Å²) in [7, 11) is 0. The van der Waals surface area contributed by atoms with Gasteiger partial charge in [0, 0.05) is 5.69 Å². The van der Waals surface area contributed by atoms with Gasteiger partial charge in [0.1, 0.15) is 5.75 Å². The van der Waals surface area contributed by atoms with Gasteiger partial charge in [-0.2, -0.15) is 0 Å². The third-order valence-electron chi connectivity index (χ3n) is 4.66. The minimum Gasteiger partial charge on any atom is -0.484 e. The minimum absolute atomic E-state index is 0.0311. The summed E-state index contributed by atoms with van der Waals surface area (Å²) in [5, 5.41) is 3.09. The fourth-order valence-corrected chi connectivity index (χ4v) is 3.17. The highest BCUT2D eigenvalue weighted by molar-refractivity contribution is 5.78. The van der Waals surface area contributed by atoms with Gasteiger partial charge in [0.15, 0.2) is 6.61 Å². The summed E-state index contributed by atoms with van der Waals surface area (Å²) in [4.78, 5) is 12.3. The molecule has 2 aromatic carbocycles. The number of carbonyl (C=O) groups is 1. The van der Waals surface area contributed by atoms with Crippen molar-refractivity contribution < 1.29 is 9.53 Å². The number of nitrogens with two attached hydrogens (primary N) is 1. The summed E-state index contributed by atoms with van der Waals surface area (Å²) in [6.45, 7) is 4.12. The van der Waals surface area contributed by atoms with Crippen LogP contribution in [0.15, 0.2) is 36.4 Å². The van der Waals surface area contributed by atoms with Crippen molar-refractivity contribution in [2.75, 3.05) is 12.3 Å². The molecule has 1 unspecified atom stereocenters. The Kier molecular flexibility index (Phi) is 4.74. The van der Waals surface area contributed by atoms with Crippen molar-refractivity contribution in [2.45, 2.75) is 39.2 Å². The van der Waals surface area contributed by atoms with E-state index in [4.69, 9.17) is 10.5 Å². The zero-order valence-electron chi connectivity index (χ0n) is 14.3. The average molecular weight is 324 g/mol. The molecule has 0 bridgehead atoms. The van der Waals surface area contributed by atoms with E-state index in [1.54, 1.807) is 0 Å². The molecule has 1 atom stereocenters. The number of fused-ring (bicyclic) bond motifs is 1. The zero-order valence-corrected chi connectivity index (χ0v) is 14.3. The van der Waals surface area contributed by atoms with Crippen molar-refractivity contribution in [3.05, 3.63) is 58.7 Å². The van der Waals surface area contributed by atoms with Crippen LogP contribution in [0.3, 0.4) is 0 Å². The van der Waals surface area contributed by atoms with Crippen LogP contribution in [0.4, 0.5) is 5.69 Å². The van der Waals surface area contributed by atoms with Gasteiger partial charge in [0.2, 0.25) is 0 Å². The smallest absolute Gasteiger partial charge is 0.258 e. The fourth-order valence-electron chi connectivity index (χ4n) is 3.17. The number of hydrogen-bond donors (Lipinski definition) is 2. The lowest BCUT2D eigenvalue weighted by Crippen LogP contribution is -2.34. The van der Waals surface area contributed by atoms with Crippen LogP contribution in [0.2, 0.25) is 0 Å². The number of anilines is 1. The summed E-state index contributed by atoms with van der Waals surface area (Å²) in [5.41, 5.74) is 11.4. The number of carbonyl (C=O) groups excluding carboxylic acids is 1. The summed E-state index contributed by atoms with van der Waals surface area (Å²) >= 11 is 0. The maximum Gasteiger partial charge on any atom is 0.258 e. The van der Waals surface area contributed by atoms with Crippen LogP contribution < -0.4 is 15.8 Å². The lowest BCUT2D eigenvalue weighted by atomic mass is 9.87. The number of ether oxygens (including phenoxy) is 1. The Morgan fingerprint density at radius 2 is 2.04 bits per heavy atom. The maximum absolute atomic E-state index is 12.3. The SMILES string of the molecule is Cc1ccc(OCC(=O)NC2CCCc3cc(N)ccc32)cc1C. The molecule has 0 spiro atoms. The van der Waals surface area contributed by atoms with Gasteiger partial charge in [-0.3, -0.25) is 4.79 Å². The molecule has 2 aromatic rings. The minimum atomic E-state index is -0.0945. The van der Waals surface area contributed by atoms with Crippen molar-refractivity contribution in [3.8, 4) is 5.75 Å². The second kappa shape index (κ2) is 6.95. The second-order valence-electron chi connectivity index (χ2n) is 6.51. The van der Waals surface area contributed by atoms with Gasteiger partial charge in [0.05, 0.1) is 6.04 Å². The maximum atomic E-state index is 12.3. The molecule has 1 aliphatic carbocycles. The second-order valence-corrected chi connectivity index (χ2v) is 6.51. The van der Waals surface area contributed by atoms with Crippen LogP contribution in [-0.4, -0.2) is 12.5 Å². The Hall–Kier alpha value is -2.49. The fraction of sp³-hybridized carbons (Fsp3) is 0.350. The molecule has 0 aliphatic heterocycles. The number of hydrogen-bond acceptors (Lipinski definition) is 3. The molecule has 0 saturated carbocycles. The molecule has 0 radical (unpaired) electrons. The van der Waals surface area contributed by atoms with Crippen molar-refractivity contribution in [3.63, 3.8) is 0 Å². The highest BCUT2D eigenvalue weighted by Crippen LogP contribution is 2.30. The first-order valence-corrected chi connectivity index (χ1v) is 8.40. The Morgan fingerprint density at radius 3 is 2.83 bits per heavy atom. The van der Waals surface area contributed by atoms with Gasteiger partial charge in [-0.05, 0) is 79.6 Å². The van der Waals surface area contributed by atoms with E-state index in [1.807, 2.05) is 43.3 Å². The van der Waals surface area contributed by atoms with Crippen LogP contribution in [0, 0.1) is 13.8 Å². The van der Waals surface area contributed by atoms with E-state index in [-0.39, 0.29) is 18.6 Å². The first kappa shape index (κ1) is 16.4. The van der Waals surface area contributed by atoms with E-state index in [9.17, 15) is 4.79 Å². The Morgan fingerprint density at radius 1 is 1.21 bits per heavy atom. The summed E-state index contributed by atoms with van der Waals surface area (Å²) in [6.07, 6.45) is 3.03. The van der Waals surface area contributed by atoms with Crippen molar-refractivity contribution in [1.82, 2.24) is 5.32 Å². The van der Waals surface area contributed by atoms with E-state index >= 15 is 0 Å². The quantitative estimate of drug-likeness (QED) is 0.847. The first-order valence-electron chi connectivity index (χ1n) is 8.40. The van der Waals surface area contributed by atoms with Crippen LogP contribution in [0.5, 0.6) is 5.75 Å². The summed E-state index contributed by atoms with van der Waals surface area (Å²) in [6, 6.07) is 11.8. The molecule has 1 aliphatic rings. The van der Waals surface area contributed by atoms with Gasteiger partial charge in [-0.25, -0.2) is 0 Å². The molecule has 0 heterocycles. The van der Waals surface area contributed by atoms with Crippen LogP contribution in [-0.2, 0) is 11.2 Å². The monoisotopic (exact) mass is 324 g/mol. The molecule has 1 amide bonds. The largest absolute Gasteiger partial charge is 0.484 e. The first-order chi connectivity index (χ1) is 11.5. The molecule has 3 N–H and O–H groups in total. The molecular weight excluding hydrogens is 300 g/mol. The Balaban J connectivity index is 1.60. The van der Waals surface area contributed by atoms with Crippen molar-refractivity contribution in [1.29, 1.82) is 0 Å². The van der Waals surface area contributed by atoms with Crippen LogP contribution >= 0.6 is 0 Å². The van der Waals surface area contributed by atoms with Crippen LogP contribution in [0.1, 0.15) is 41.1 Å². The molecule has 4 nitrogen and oxygen atoms in total. The summed E-state index contributed by atoms with van der Waals surface area (Å²) < 4.78 is 5.62. The molecule has 3 rings (SSSR count). The average Bonchev–Trinajstić information content (AvgIpc) is 2.56. The summed E-state index contributed by atoms with van der Waals surface area (Å²) in [5.74, 6) is 0.632. The van der Waals surface area contributed by atoms with E-state index in [0.717, 1.165) is 36.3 Å². The van der Waals surface area contributed by atoms with Gasteiger partial charge in [-0.15, -0.1) is 0 Å². The number of aryl methyl sites for hydroxylation is 3. The predicted molar refractivity (Wildman–Crippen MR) is 96.1 cm³/mol. The number of nitrogen functional groups attached to an aromatic ring is 1. The third kappa shape index (κ3) is 3.70. The number of benzene rings is 2. The van der Waals surface area contributed by atoms with E-state index in [2.05, 4.69) is 12.2 Å². The molecule has 0 saturated heterocycles. The van der Waals surface area contributed by atoms with Gasteiger partial charge in [-0.1, -0.05) is 12.1 Å². The Labute approximate surface area is 143 Å². The standard InChI is InChI=1S/C20H24N2O2/c1-13-6-8-17(10-14(13)2)24-12-20(23)22-19-5-3-4-15-11-16(21)7-9-18(15)19/h6-11,19H,3-5,12,21H2,1-2H3,(H,22,23). The van der Waals surface area contributed by atoms with Crippen molar-refractivity contribution in [2.24, 2.45) is 0 Å². The normalized spacial score (nSPS) is 16.3. The van der Waals surface area contributed by atoms with Crippen molar-refractivity contribution >= 4 is 11.6 Å². The van der Waals surface area contributed by atoms with Gasteiger partial charge in [0.25, 0.3) is 5.91 Å². The zero-order chi connectivity index (χ0) is 17.1. The molecule has 126 valence electrons. The lowest BCUT2D eigenvalue weighted by molar-refractivity contribution is -0.123. The van der Waals surface area contributed by atoms with Gasteiger partial charge >= 0.3 is 0 Å². The highest BCUT2D eigenvalue weighted by Gasteiger charge is 2.22. The number of amides is 1. The lowest BCUT2D eigenvalue weighted by Gasteiger charge is -2.26. The highest BCUT2D eigenvalue weighted by atomic mass is 16.5. The number of nitrogens with one attached hydrogen (secondary N) is 1. The Bertz CT molecular complexity index is 755. The van der Waals surface area contributed by atoms with E-state index < -0.39 is 0 Å². The van der Waals surface area contributed by atoms with E-state index in [0.29, 0.717) is 0 Å². The van der Waals surface area contributed by atoms with Crippen LogP contribution in [0.25, 0.3) is 0 Å².